The average molecular weight is 649 g/mol. The number of amides is 3. The average Bonchev–Trinajstić information content (AvgIpc) is 3.86. The predicted octanol–water partition coefficient (Wildman–Crippen LogP) is 5.21. The van der Waals surface area contributed by atoms with Crippen LogP contribution in [0.1, 0.15) is 60.0 Å². The summed E-state index contributed by atoms with van der Waals surface area (Å²) in [6, 6.07) is 14.7. The van der Waals surface area contributed by atoms with E-state index >= 15 is 0 Å². The molecule has 0 radical (unpaired) electrons. The number of aliphatic hydroxyl groups is 1. The molecule has 1 spiro atoms. The van der Waals surface area contributed by atoms with Gasteiger partial charge in [0.05, 0.1) is 38.5 Å². The van der Waals surface area contributed by atoms with Gasteiger partial charge in [0, 0.05) is 54.6 Å². The molecule has 11 heteroatoms. The van der Waals surface area contributed by atoms with Crippen LogP contribution in [-0.4, -0.2) is 80.1 Å². The van der Waals surface area contributed by atoms with Crippen LogP contribution in [0, 0.1) is 11.6 Å². The zero-order valence-electron chi connectivity index (χ0n) is 26.7. The first-order valence-corrected chi connectivity index (χ1v) is 16.4. The van der Waals surface area contributed by atoms with Crippen molar-refractivity contribution in [3.05, 3.63) is 82.9 Å². The number of piperidine rings is 1. The van der Waals surface area contributed by atoms with Gasteiger partial charge in [-0.05, 0) is 98.2 Å². The second kappa shape index (κ2) is 14.4. The summed E-state index contributed by atoms with van der Waals surface area (Å²) >= 11 is 0. The highest BCUT2D eigenvalue weighted by molar-refractivity contribution is 5.97. The van der Waals surface area contributed by atoms with Crippen LogP contribution in [0.3, 0.4) is 0 Å². The predicted molar refractivity (Wildman–Crippen MR) is 175 cm³/mol. The fourth-order valence-electron chi connectivity index (χ4n) is 6.61. The minimum absolute atomic E-state index is 0.0605. The van der Waals surface area contributed by atoms with Gasteiger partial charge >= 0.3 is 6.03 Å². The molecule has 47 heavy (non-hydrogen) atoms. The molecule has 2 saturated heterocycles. The molecule has 0 atom stereocenters. The van der Waals surface area contributed by atoms with E-state index in [0.717, 1.165) is 67.2 Å². The van der Waals surface area contributed by atoms with Crippen molar-refractivity contribution in [1.29, 1.82) is 0 Å². The van der Waals surface area contributed by atoms with Crippen molar-refractivity contribution in [2.75, 3.05) is 57.5 Å². The maximum absolute atomic E-state index is 14.9. The first kappa shape index (κ1) is 32.9. The Hall–Kier alpha value is -4.06. The van der Waals surface area contributed by atoms with Gasteiger partial charge in [-0.3, -0.25) is 14.6 Å². The number of benzene rings is 3. The summed E-state index contributed by atoms with van der Waals surface area (Å²) in [6.07, 6.45) is 3.66. The van der Waals surface area contributed by atoms with Crippen LogP contribution in [0.2, 0.25) is 0 Å². The molecule has 0 bridgehead atoms. The molecule has 0 unspecified atom stereocenters. The highest BCUT2D eigenvalue weighted by atomic mass is 19.1. The van der Waals surface area contributed by atoms with Crippen LogP contribution in [0.5, 0.6) is 5.75 Å². The third-order valence-corrected chi connectivity index (χ3v) is 9.26. The second-order valence-corrected chi connectivity index (χ2v) is 12.6. The molecular weight excluding hydrogens is 606 g/mol. The van der Waals surface area contributed by atoms with E-state index in [0.29, 0.717) is 55.6 Å². The number of ether oxygens (including phenoxy) is 2. The summed E-state index contributed by atoms with van der Waals surface area (Å²) in [5.74, 6) is -0.333. The van der Waals surface area contributed by atoms with E-state index in [4.69, 9.17) is 14.6 Å². The Balaban J connectivity index is 1.09. The minimum atomic E-state index is -0.596. The molecule has 3 aromatic rings. The summed E-state index contributed by atoms with van der Waals surface area (Å²) in [4.78, 5) is 29.7. The Morgan fingerprint density at radius 3 is 2.49 bits per heavy atom. The van der Waals surface area contributed by atoms with Crippen LogP contribution < -0.4 is 20.3 Å². The molecule has 3 amide bonds. The number of halogens is 2. The summed E-state index contributed by atoms with van der Waals surface area (Å²) < 4.78 is 39.8. The third-order valence-electron chi connectivity index (χ3n) is 9.26. The number of anilines is 1. The number of urea groups is 1. The minimum Gasteiger partial charge on any atom is -0.494 e. The SMILES string of the molecule is CCOc1cc(-c2ccc(F)cc2F)c(C2CC2)cc1CN1CCC2(CC1)CN(c1ccc(C(=O)NCCOCCO)cc1)C(=O)N2. The standard InChI is InChI=1S/C36H42F2N4O5/c1-2-47-33-21-31(29-10-7-27(37)20-32(29)38)30(24-3-4-24)19-26(33)22-41-14-11-36(12-15-41)23-42(35(45)40-36)28-8-5-25(6-9-28)34(44)39-13-17-46-18-16-43/h5-10,19-21,24,43H,2-4,11-18,22-23H2,1H3,(H,39,44)(H,40,45). The number of carbonyl (C=O) groups is 2. The lowest BCUT2D eigenvalue weighted by molar-refractivity contribution is 0.0838. The monoisotopic (exact) mass is 648 g/mol. The van der Waals surface area contributed by atoms with Gasteiger partial charge in [-0.25, -0.2) is 13.6 Å². The Bertz CT molecular complexity index is 1590. The van der Waals surface area contributed by atoms with Crippen molar-refractivity contribution in [2.24, 2.45) is 0 Å². The Labute approximate surface area is 273 Å². The number of nitrogens with one attached hydrogen (secondary N) is 2. The van der Waals surface area contributed by atoms with Crippen molar-refractivity contribution in [1.82, 2.24) is 15.5 Å². The van der Waals surface area contributed by atoms with E-state index in [1.54, 1.807) is 29.2 Å². The molecule has 2 heterocycles. The van der Waals surface area contributed by atoms with Gasteiger partial charge in [0.1, 0.15) is 17.4 Å². The van der Waals surface area contributed by atoms with Gasteiger partial charge < -0.3 is 25.2 Å². The van der Waals surface area contributed by atoms with E-state index in [1.807, 2.05) is 13.0 Å². The number of aliphatic hydroxyl groups excluding tert-OH is 1. The zero-order chi connectivity index (χ0) is 33.0. The highest BCUT2D eigenvalue weighted by Crippen LogP contribution is 2.47. The van der Waals surface area contributed by atoms with Gasteiger partial charge in [0.25, 0.3) is 5.91 Å². The molecule has 250 valence electrons. The lowest BCUT2D eigenvalue weighted by Gasteiger charge is -2.39. The normalized spacial score (nSPS) is 17.6. The number of nitrogens with zero attached hydrogens (tertiary/aromatic N) is 2. The number of rotatable bonds is 13. The Kier molecular flexibility index (Phi) is 10.0. The molecule has 3 aliphatic rings. The van der Waals surface area contributed by atoms with Crippen molar-refractivity contribution in [3.8, 4) is 16.9 Å². The lowest BCUT2D eigenvalue weighted by Crippen LogP contribution is -2.52. The Morgan fingerprint density at radius 2 is 1.81 bits per heavy atom. The van der Waals surface area contributed by atoms with E-state index in [-0.39, 0.29) is 30.7 Å². The van der Waals surface area contributed by atoms with Gasteiger partial charge in [-0.1, -0.05) is 0 Å². The second-order valence-electron chi connectivity index (χ2n) is 12.6. The molecule has 3 fully saturated rings. The molecular formula is C36H42F2N4O5. The van der Waals surface area contributed by atoms with Gasteiger partial charge in [0.15, 0.2) is 0 Å². The van der Waals surface area contributed by atoms with Crippen LogP contribution in [0.15, 0.2) is 54.6 Å². The van der Waals surface area contributed by atoms with Gasteiger partial charge in [-0.2, -0.15) is 0 Å². The van der Waals surface area contributed by atoms with Crippen molar-refractivity contribution in [3.63, 3.8) is 0 Å². The Morgan fingerprint density at radius 1 is 1.04 bits per heavy atom. The maximum atomic E-state index is 14.9. The van der Waals surface area contributed by atoms with E-state index in [9.17, 15) is 18.4 Å². The van der Waals surface area contributed by atoms with Crippen LogP contribution in [0.4, 0.5) is 19.3 Å². The van der Waals surface area contributed by atoms with E-state index in [2.05, 4.69) is 21.6 Å². The molecule has 1 aliphatic carbocycles. The molecule has 0 aromatic heterocycles. The summed E-state index contributed by atoms with van der Waals surface area (Å²) in [5.41, 5.74) is 4.17. The zero-order valence-corrected chi connectivity index (χ0v) is 26.7. The fourth-order valence-corrected chi connectivity index (χ4v) is 6.61. The fraction of sp³-hybridized carbons (Fsp3) is 0.444. The first-order chi connectivity index (χ1) is 22.8. The van der Waals surface area contributed by atoms with Crippen molar-refractivity contribution < 1.29 is 33.0 Å². The third kappa shape index (κ3) is 7.58. The number of hydrogen-bond donors (Lipinski definition) is 3. The smallest absolute Gasteiger partial charge is 0.322 e. The van der Waals surface area contributed by atoms with Crippen LogP contribution in [-0.2, 0) is 11.3 Å². The maximum Gasteiger partial charge on any atom is 0.322 e. The van der Waals surface area contributed by atoms with Gasteiger partial charge in [-0.15, -0.1) is 0 Å². The topological polar surface area (TPSA) is 103 Å². The quantitative estimate of drug-likeness (QED) is 0.220. The van der Waals surface area contributed by atoms with Crippen molar-refractivity contribution >= 4 is 17.6 Å². The summed E-state index contributed by atoms with van der Waals surface area (Å²) in [5, 5.41) is 14.8. The molecule has 6 rings (SSSR count). The van der Waals surface area contributed by atoms with Crippen LogP contribution >= 0.6 is 0 Å². The highest BCUT2D eigenvalue weighted by Gasteiger charge is 2.45. The van der Waals surface area contributed by atoms with Crippen LogP contribution in [0.25, 0.3) is 11.1 Å². The van der Waals surface area contributed by atoms with E-state index in [1.165, 1.54) is 12.1 Å². The molecule has 1 saturated carbocycles. The first-order valence-electron chi connectivity index (χ1n) is 16.4. The lowest BCUT2D eigenvalue weighted by atomic mass is 9.87. The molecule has 9 nitrogen and oxygen atoms in total. The summed E-state index contributed by atoms with van der Waals surface area (Å²) in [7, 11) is 0. The molecule has 2 aliphatic heterocycles. The summed E-state index contributed by atoms with van der Waals surface area (Å²) in [6.45, 7) is 6.01. The molecule has 3 N–H and O–H groups in total. The van der Waals surface area contributed by atoms with E-state index < -0.39 is 11.6 Å². The number of hydrogen-bond acceptors (Lipinski definition) is 6. The van der Waals surface area contributed by atoms with Gasteiger partial charge in [0.2, 0.25) is 0 Å². The number of carbonyl (C=O) groups excluding carboxylic acids is 2. The molecule has 3 aromatic carbocycles. The number of likely N-dealkylation sites (tertiary alicyclic amines) is 1. The van der Waals surface area contributed by atoms with Crippen molar-refractivity contribution in [2.45, 2.75) is 50.6 Å². The largest absolute Gasteiger partial charge is 0.494 e.